The van der Waals surface area contributed by atoms with E-state index in [4.69, 9.17) is 11.6 Å². The Bertz CT molecular complexity index is 631. The number of benzene rings is 1. The van der Waals surface area contributed by atoms with Gasteiger partial charge in [-0.2, -0.15) is 0 Å². The summed E-state index contributed by atoms with van der Waals surface area (Å²) in [5, 5.41) is 10.9. The quantitative estimate of drug-likeness (QED) is 0.876. The lowest BCUT2D eigenvalue weighted by molar-refractivity contribution is -0.134. The predicted molar refractivity (Wildman–Crippen MR) is 91.1 cm³/mol. The fraction of sp³-hybridized carbons (Fsp3) is 0.333. The van der Waals surface area contributed by atoms with Crippen molar-refractivity contribution in [2.24, 2.45) is 0 Å². The van der Waals surface area contributed by atoms with Crippen molar-refractivity contribution in [3.05, 3.63) is 64.9 Å². The summed E-state index contributed by atoms with van der Waals surface area (Å²) in [6.45, 7) is 2.03. The van der Waals surface area contributed by atoms with Gasteiger partial charge in [-0.1, -0.05) is 30.7 Å². The average Bonchev–Trinajstić information content (AvgIpc) is 2.57. The standard InChI is InChI=1S/C18H21ClN2O2/c1-3-16(13-8-10-20-11-9-13)21(2)18(23)12-17(22)14-4-6-15(19)7-5-14/h4-11,16-17,22H,3,12H2,1-2H3. The van der Waals surface area contributed by atoms with Gasteiger partial charge in [0.2, 0.25) is 5.91 Å². The minimum Gasteiger partial charge on any atom is -0.388 e. The number of carbonyl (C=O) groups excluding carboxylic acids is 1. The fourth-order valence-electron chi connectivity index (χ4n) is 2.60. The van der Waals surface area contributed by atoms with Gasteiger partial charge in [0.25, 0.3) is 0 Å². The average molecular weight is 333 g/mol. The maximum Gasteiger partial charge on any atom is 0.225 e. The third kappa shape index (κ3) is 4.53. The van der Waals surface area contributed by atoms with E-state index in [9.17, 15) is 9.90 Å². The molecule has 1 aromatic heterocycles. The molecule has 1 aromatic carbocycles. The van der Waals surface area contributed by atoms with Crippen molar-refractivity contribution < 1.29 is 9.90 Å². The maximum absolute atomic E-state index is 12.5. The van der Waals surface area contributed by atoms with Crippen molar-refractivity contribution in [3.8, 4) is 0 Å². The van der Waals surface area contributed by atoms with Crippen molar-refractivity contribution in [1.82, 2.24) is 9.88 Å². The molecule has 2 aromatic rings. The Hall–Kier alpha value is -1.91. The van der Waals surface area contributed by atoms with Crippen molar-refractivity contribution >= 4 is 17.5 Å². The van der Waals surface area contributed by atoms with E-state index >= 15 is 0 Å². The van der Waals surface area contributed by atoms with Crippen LogP contribution in [-0.2, 0) is 4.79 Å². The third-order valence-electron chi connectivity index (χ3n) is 3.96. The van der Waals surface area contributed by atoms with Crippen LogP contribution in [-0.4, -0.2) is 27.9 Å². The van der Waals surface area contributed by atoms with E-state index in [-0.39, 0.29) is 18.4 Å². The summed E-state index contributed by atoms with van der Waals surface area (Å²) < 4.78 is 0. The van der Waals surface area contributed by atoms with Crippen molar-refractivity contribution in [2.75, 3.05) is 7.05 Å². The number of hydrogen-bond donors (Lipinski definition) is 1. The Balaban J connectivity index is 2.05. The minimum absolute atomic E-state index is 0.0251. The number of hydrogen-bond acceptors (Lipinski definition) is 3. The number of rotatable bonds is 6. The number of aromatic nitrogens is 1. The Morgan fingerprint density at radius 3 is 2.35 bits per heavy atom. The van der Waals surface area contributed by atoms with Crippen LogP contribution in [0.15, 0.2) is 48.8 Å². The first-order chi connectivity index (χ1) is 11.0. The molecular weight excluding hydrogens is 312 g/mol. The molecule has 1 N–H and O–H groups in total. The molecule has 0 spiro atoms. The Kier molecular flexibility index (Phi) is 6.13. The minimum atomic E-state index is -0.836. The zero-order chi connectivity index (χ0) is 16.8. The Morgan fingerprint density at radius 1 is 1.17 bits per heavy atom. The first-order valence-corrected chi connectivity index (χ1v) is 7.99. The van der Waals surface area contributed by atoms with Gasteiger partial charge in [0.1, 0.15) is 0 Å². The lowest BCUT2D eigenvalue weighted by Gasteiger charge is -2.28. The molecule has 0 fully saturated rings. The highest BCUT2D eigenvalue weighted by Gasteiger charge is 2.22. The number of carbonyl (C=O) groups is 1. The molecule has 2 unspecified atom stereocenters. The molecule has 5 heteroatoms. The largest absolute Gasteiger partial charge is 0.388 e. The number of aliphatic hydroxyl groups is 1. The van der Waals surface area contributed by atoms with Crippen molar-refractivity contribution in [2.45, 2.75) is 31.9 Å². The van der Waals surface area contributed by atoms with Gasteiger partial charge in [-0.15, -0.1) is 0 Å². The van der Waals surface area contributed by atoms with Gasteiger partial charge < -0.3 is 10.0 Å². The number of pyridine rings is 1. The Morgan fingerprint density at radius 2 is 1.78 bits per heavy atom. The van der Waals surface area contributed by atoms with E-state index in [1.54, 1.807) is 48.6 Å². The van der Waals surface area contributed by atoms with Crippen LogP contribution in [0.2, 0.25) is 5.02 Å². The summed E-state index contributed by atoms with van der Waals surface area (Å²) >= 11 is 5.84. The zero-order valence-electron chi connectivity index (χ0n) is 13.3. The van der Waals surface area contributed by atoms with Gasteiger partial charge in [-0.25, -0.2) is 0 Å². The van der Waals surface area contributed by atoms with Crippen LogP contribution in [0.1, 0.15) is 43.0 Å². The van der Waals surface area contributed by atoms with Crippen LogP contribution in [0.4, 0.5) is 0 Å². The molecule has 0 aliphatic carbocycles. The van der Waals surface area contributed by atoms with Gasteiger partial charge in [0.15, 0.2) is 0 Å². The second kappa shape index (κ2) is 8.09. The van der Waals surface area contributed by atoms with Crippen LogP contribution in [0.25, 0.3) is 0 Å². The van der Waals surface area contributed by atoms with Crippen LogP contribution in [0.3, 0.4) is 0 Å². The molecular formula is C18H21ClN2O2. The number of halogens is 1. The molecule has 2 rings (SSSR count). The normalized spacial score (nSPS) is 13.4. The molecule has 23 heavy (non-hydrogen) atoms. The van der Waals surface area contributed by atoms with Gasteiger partial charge >= 0.3 is 0 Å². The summed E-state index contributed by atoms with van der Waals surface area (Å²) in [5.74, 6) is -0.101. The van der Waals surface area contributed by atoms with E-state index in [0.717, 1.165) is 12.0 Å². The maximum atomic E-state index is 12.5. The van der Waals surface area contributed by atoms with E-state index < -0.39 is 6.10 Å². The van der Waals surface area contributed by atoms with E-state index in [0.29, 0.717) is 10.6 Å². The van der Waals surface area contributed by atoms with Crippen molar-refractivity contribution in [3.63, 3.8) is 0 Å². The highest BCUT2D eigenvalue weighted by Crippen LogP contribution is 2.25. The number of amides is 1. The molecule has 0 aliphatic rings. The summed E-state index contributed by atoms with van der Waals surface area (Å²) in [7, 11) is 1.77. The number of aliphatic hydroxyl groups excluding tert-OH is 1. The highest BCUT2D eigenvalue weighted by atomic mass is 35.5. The molecule has 0 radical (unpaired) electrons. The summed E-state index contributed by atoms with van der Waals surface area (Å²) in [6.07, 6.45) is 3.44. The summed E-state index contributed by atoms with van der Waals surface area (Å²) in [5.41, 5.74) is 1.73. The molecule has 1 heterocycles. The SMILES string of the molecule is CCC(c1ccncc1)N(C)C(=O)CC(O)c1ccc(Cl)cc1. The van der Waals surface area contributed by atoms with Crippen LogP contribution in [0.5, 0.6) is 0 Å². The summed E-state index contributed by atoms with van der Waals surface area (Å²) in [6, 6.07) is 10.7. The zero-order valence-corrected chi connectivity index (χ0v) is 14.1. The monoisotopic (exact) mass is 332 g/mol. The predicted octanol–water partition coefficient (Wildman–Crippen LogP) is 3.77. The van der Waals surface area contributed by atoms with E-state index in [1.165, 1.54) is 0 Å². The topological polar surface area (TPSA) is 53.4 Å². The molecule has 0 saturated carbocycles. The highest BCUT2D eigenvalue weighted by molar-refractivity contribution is 6.30. The smallest absolute Gasteiger partial charge is 0.225 e. The first kappa shape index (κ1) is 17.4. The second-order valence-corrected chi connectivity index (χ2v) is 5.92. The molecule has 2 atom stereocenters. The lowest BCUT2D eigenvalue weighted by Crippen LogP contribution is -2.32. The Labute approximate surface area is 141 Å². The van der Waals surface area contributed by atoms with E-state index in [1.807, 2.05) is 19.1 Å². The molecule has 0 aliphatic heterocycles. The van der Waals surface area contributed by atoms with E-state index in [2.05, 4.69) is 4.98 Å². The van der Waals surface area contributed by atoms with Gasteiger partial charge in [0.05, 0.1) is 18.6 Å². The molecule has 4 nitrogen and oxygen atoms in total. The lowest BCUT2D eigenvalue weighted by atomic mass is 10.0. The van der Waals surface area contributed by atoms with Crippen LogP contribution in [0, 0.1) is 0 Å². The third-order valence-corrected chi connectivity index (χ3v) is 4.21. The fourth-order valence-corrected chi connectivity index (χ4v) is 2.73. The van der Waals surface area contributed by atoms with Crippen molar-refractivity contribution in [1.29, 1.82) is 0 Å². The summed E-state index contributed by atoms with van der Waals surface area (Å²) in [4.78, 5) is 18.2. The number of nitrogens with zero attached hydrogens (tertiary/aromatic N) is 2. The first-order valence-electron chi connectivity index (χ1n) is 7.62. The second-order valence-electron chi connectivity index (χ2n) is 5.48. The molecule has 0 saturated heterocycles. The van der Waals surface area contributed by atoms with Gasteiger partial charge in [-0.05, 0) is 41.8 Å². The molecule has 0 bridgehead atoms. The van der Waals surface area contributed by atoms with Gasteiger partial charge in [0, 0.05) is 24.5 Å². The molecule has 122 valence electrons. The van der Waals surface area contributed by atoms with Crippen LogP contribution >= 0.6 is 11.6 Å². The van der Waals surface area contributed by atoms with Crippen LogP contribution < -0.4 is 0 Å². The van der Waals surface area contributed by atoms with Gasteiger partial charge in [-0.3, -0.25) is 9.78 Å². The molecule has 1 amide bonds.